The molecule has 4 rings (SSSR count). The number of hydrogen-bond donors (Lipinski definition) is 0. The molecule has 0 fully saturated rings. The Morgan fingerprint density at radius 2 is 2.00 bits per heavy atom. The molecule has 0 bridgehead atoms. The molecule has 2 aromatic carbocycles. The number of hydrogen-bond acceptors (Lipinski definition) is 6. The Hall–Kier alpha value is -3.21. The summed E-state index contributed by atoms with van der Waals surface area (Å²) in [5.74, 6) is -1.67. The number of anilines is 1. The highest BCUT2D eigenvalue weighted by atomic mass is 32.2. The Bertz CT molecular complexity index is 1190. The summed E-state index contributed by atoms with van der Waals surface area (Å²) in [4.78, 5) is 4.03. The summed E-state index contributed by atoms with van der Waals surface area (Å²) in [6.07, 6.45) is -0.131. The van der Waals surface area contributed by atoms with Gasteiger partial charge in [0, 0.05) is 23.4 Å². The van der Waals surface area contributed by atoms with Crippen molar-refractivity contribution in [2.24, 2.45) is 0 Å². The van der Waals surface area contributed by atoms with Gasteiger partial charge in [-0.15, -0.1) is 10.2 Å². The van der Waals surface area contributed by atoms with Crippen LogP contribution in [0.5, 0.6) is 0 Å². The van der Waals surface area contributed by atoms with Gasteiger partial charge in [0.1, 0.15) is 22.3 Å². The van der Waals surface area contributed by atoms with Gasteiger partial charge in [-0.1, -0.05) is 6.07 Å². The number of fused-ring (bicyclic) bond motifs is 1. The molecule has 2 aromatic heterocycles. The maximum atomic E-state index is 14.7. The van der Waals surface area contributed by atoms with Gasteiger partial charge in [-0.2, -0.15) is 8.78 Å². The van der Waals surface area contributed by atoms with Crippen molar-refractivity contribution in [3.05, 3.63) is 60.1 Å². The zero-order chi connectivity index (χ0) is 20.5. The van der Waals surface area contributed by atoms with Gasteiger partial charge in [-0.05, 0) is 24.3 Å². The molecule has 1 unspecified atom stereocenters. The van der Waals surface area contributed by atoms with Gasteiger partial charge in [-0.25, -0.2) is 13.6 Å². The van der Waals surface area contributed by atoms with Crippen LogP contribution in [0.3, 0.4) is 0 Å². The molecule has 150 valence electrons. The molecule has 0 spiro atoms. The smallest absolute Gasteiger partial charge is 0.314 e. The van der Waals surface area contributed by atoms with Crippen molar-refractivity contribution in [3.63, 3.8) is 0 Å². The average Bonchev–Trinajstić information content (AvgIpc) is 3.35. The molecule has 0 N–H and O–H groups in total. The lowest BCUT2D eigenvalue weighted by atomic mass is 10.1. The molecular formula is C18H13F3N4O3S. The molecule has 0 amide bonds. The summed E-state index contributed by atoms with van der Waals surface area (Å²) in [7, 11) is -1.46. The summed E-state index contributed by atoms with van der Waals surface area (Å²) >= 11 is 0. The third kappa shape index (κ3) is 3.86. The fraction of sp³-hybridized carbons (Fsp3) is 0.167. The van der Waals surface area contributed by atoms with Crippen molar-refractivity contribution < 1.29 is 26.2 Å². The minimum atomic E-state index is -2.91. The van der Waals surface area contributed by atoms with Gasteiger partial charge < -0.3 is 8.83 Å². The first kappa shape index (κ1) is 19.1. The van der Waals surface area contributed by atoms with E-state index in [4.69, 9.17) is 8.83 Å². The molecule has 0 radical (unpaired) electrons. The van der Waals surface area contributed by atoms with Crippen LogP contribution in [0.25, 0.3) is 22.6 Å². The molecule has 0 aliphatic carbocycles. The summed E-state index contributed by atoms with van der Waals surface area (Å²) < 4.78 is 63.6. The summed E-state index contributed by atoms with van der Waals surface area (Å²) in [5.41, 5.74) is 2.14. The van der Waals surface area contributed by atoms with E-state index in [1.807, 2.05) is 0 Å². The summed E-state index contributed by atoms with van der Waals surface area (Å²) in [5, 5.41) is 6.72. The van der Waals surface area contributed by atoms with E-state index in [-0.39, 0.29) is 23.6 Å². The van der Waals surface area contributed by atoms with Crippen molar-refractivity contribution >= 4 is 27.8 Å². The highest BCUT2D eigenvalue weighted by Gasteiger charge is 2.19. The van der Waals surface area contributed by atoms with E-state index < -0.39 is 29.1 Å². The number of oxazole rings is 1. The molecule has 4 aromatic rings. The number of nitrogens with zero attached hydrogens (tertiary/aromatic N) is 4. The van der Waals surface area contributed by atoms with E-state index >= 15 is 0 Å². The first-order valence-electron chi connectivity index (χ1n) is 8.27. The second kappa shape index (κ2) is 7.66. The molecule has 2 heterocycles. The Labute approximate surface area is 164 Å². The first-order chi connectivity index (χ1) is 13.9. The van der Waals surface area contributed by atoms with Crippen LogP contribution < -0.4 is 4.31 Å². The zero-order valence-electron chi connectivity index (χ0n) is 14.9. The number of aromatic nitrogens is 3. The molecule has 1 atom stereocenters. The number of halogens is 3. The third-order valence-electron chi connectivity index (χ3n) is 4.15. The molecule has 7 nitrogen and oxygen atoms in total. The fourth-order valence-electron chi connectivity index (χ4n) is 2.73. The van der Waals surface area contributed by atoms with Crippen molar-refractivity contribution in [1.82, 2.24) is 15.2 Å². The van der Waals surface area contributed by atoms with Crippen molar-refractivity contribution in [3.8, 4) is 11.5 Å². The van der Waals surface area contributed by atoms with Crippen LogP contribution in [-0.4, -0.2) is 25.6 Å². The van der Waals surface area contributed by atoms with Crippen molar-refractivity contribution in [2.75, 3.05) is 10.6 Å². The van der Waals surface area contributed by atoms with E-state index in [1.165, 1.54) is 29.1 Å². The molecule has 11 heteroatoms. The van der Waals surface area contributed by atoms with Crippen molar-refractivity contribution in [1.29, 1.82) is 0 Å². The number of benzene rings is 2. The van der Waals surface area contributed by atoms with E-state index in [2.05, 4.69) is 15.2 Å². The second-order valence-electron chi connectivity index (χ2n) is 6.02. The fourth-order valence-corrected chi connectivity index (χ4v) is 3.46. The van der Waals surface area contributed by atoms with E-state index in [1.54, 1.807) is 18.2 Å². The van der Waals surface area contributed by atoms with Gasteiger partial charge in [0.15, 0.2) is 12.0 Å². The lowest BCUT2D eigenvalue weighted by Crippen LogP contribution is -2.24. The maximum Gasteiger partial charge on any atom is 0.314 e. The lowest BCUT2D eigenvalue weighted by molar-refractivity contribution is 0.116. The van der Waals surface area contributed by atoms with Gasteiger partial charge in [0.25, 0.3) is 5.89 Å². The molecule has 0 saturated heterocycles. The zero-order valence-corrected chi connectivity index (χ0v) is 15.7. The van der Waals surface area contributed by atoms with E-state index in [0.29, 0.717) is 16.8 Å². The molecule has 0 aliphatic heterocycles. The first-order valence-corrected chi connectivity index (χ1v) is 9.78. The Morgan fingerprint density at radius 1 is 1.17 bits per heavy atom. The van der Waals surface area contributed by atoms with Crippen LogP contribution in [0.1, 0.15) is 17.9 Å². The average molecular weight is 422 g/mol. The third-order valence-corrected chi connectivity index (χ3v) is 5.12. The highest BCUT2D eigenvalue weighted by molar-refractivity contribution is 7.85. The normalized spacial score (nSPS) is 12.6. The van der Waals surface area contributed by atoms with Crippen LogP contribution in [0.2, 0.25) is 0 Å². The van der Waals surface area contributed by atoms with Crippen LogP contribution in [0, 0.1) is 5.82 Å². The largest absolute Gasteiger partial charge is 0.443 e. The minimum Gasteiger partial charge on any atom is -0.443 e. The lowest BCUT2D eigenvalue weighted by Gasteiger charge is -2.22. The topological polar surface area (TPSA) is 85.3 Å². The monoisotopic (exact) mass is 422 g/mol. The van der Waals surface area contributed by atoms with Gasteiger partial charge in [0.05, 0.1) is 12.2 Å². The Morgan fingerprint density at radius 3 is 2.69 bits per heavy atom. The second-order valence-corrected chi connectivity index (χ2v) is 7.31. The standard InChI is InChI=1S/C18H13F3N4O3S/c1-29(26)25(12-4-5-14-15(7-12)27-9-22-14)8-11-3-2-10(6-13(11)19)17-23-24-18(28-17)16(20)21/h2-7,9,16H,8H2,1H3. The number of rotatable bonds is 6. The van der Waals surface area contributed by atoms with Crippen molar-refractivity contribution in [2.45, 2.75) is 13.0 Å². The van der Waals surface area contributed by atoms with Crippen LogP contribution in [0.15, 0.2) is 51.6 Å². The highest BCUT2D eigenvalue weighted by Crippen LogP contribution is 2.27. The van der Waals surface area contributed by atoms with Crippen LogP contribution >= 0.6 is 0 Å². The predicted octanol–water partition coefficient (Wildman–Crippen LogP) is 4.25. The van der Waals surface area contributed by atoms with Gasteiger partial charge in [0.2, 0.25) is 5.89 Å². The van der Waals surface area contributed by atoms with Crippen LogP contribution in [-0.2, 0) is 17.5 Å². The maximum absolute atomic E-state index is 14.7. The molecular weight excluding hydrogens is 409 g/mol. The number of alkyl halides is 2. The Kier molecular flexibility index (Phi) is 5.05. The van der Waals surface area contributed by atoms with Gasteiger partial charge in [-0.3, -0.25) is 4.31 Å². The van der Waals surface area contributed by atoms with E-state index in [0.717, 1.165) is 6.07 Å². The summed E-state index contributed by atoms with van der Waals surface area (Å²) in [6.45, 7) is 0.000978. The molecule has 29 heavy (non-hydrogen) atoms. The molecule has 0 saturated carbocycles. The predicted molar refractivity (Wildman–Crippen MR) is 98.9 cm³/mol. The summed E-state index contributed by atoms with van der Waals surface area (Å²) in [6, 6.07) is 9.11. The quantitative estimate of drug-likeness (QED) is 0.462. The van der Waals surface area contributed by atoms with E-state index in [9.17, 15) is 17.4 Å². The van der Waals surface area contributed by atoms with Crippen LogP contribution in [0.4, 0.5) is 18.9 Å². The van der Waals surface area contributed by atoms with Gasteiger partial charge >= 0.3 is 6.43 Å². The minimum absolute atomic E-state index is 0.000978. The Balaban J connectivity index is 1.61. The SMILES string of the molecule is CS(=O)N(Cc1ccc(-c2nnc(C(F)F)o2)cc1F)c1ccc2ncoc2c1. The molecule has 0 aliphatic rings.